The largest absolute Gasteiger partial charge is 0.508 e. The van der Waals surface area contributed by atoms with Gasteiger partial charge < -0.3 is 20.5 Å². The summed E-state index contributed by atoms with van der Waals surface area (Å²) in [6.07, 6.45) is 0. The Bertz CT molecular complexity index is 599. The van der Waals surface area contributed by atoms with Gasteiger partial charge in [-0.1, -0.05) is 18.2 Å². The second-order valence-electron chi connectivity index (χ2n) is 4.06. The second kappa shape index (κ2) is 6.47. The highest BCUT2D eigenvalue weighted by Gasteiger charge is 2.07. The fourth-order valence-corrected chi connectivity index (χ4v) is 1.72. The van der Waals surface area contributed by atoms with Crippen molar-refractivity contribution in [2.75, 3.05) is 17.2 Å². The number of para-hydroxylation sites is 2. The molecule has 0 atom stereocenters. The molecule has 3 N–H and O–H groups in total. The number of amides is 2. The van der Waals surface area contributed by atoms with E-state index in [0.717, 1.165) is 0 Å². The summed E-state index contributed by atoms with van der Waals surface area (Å²) < 4.78 is 5.42. The molecule has 2 rings (SSSR count). The van der Waals surface area contributed by atoms with Gasteiger partial charge in [0.2, 0.25) is 0 Å². The Morgan fingerprint density at radius 3 is 2.70 bits per heavy atom. The zero-order valence-corrected chi connectivity index (χ0v) is 11.1. The zero-order valence-electron chi connectivity index (χ0n) is 11.1. The first kappa shape index (κ1) is 13.7. The molecule has 0 aromatic heterocycles. The summed E-state index contributed by atoms with van der Waals surface area (Å²) in [5, 5.41) is 14.7. The Labute approximate surface area is 117 Å². The predicted octanol–water partition coefficient (Wildman–Crippen LogP) is 3.43. The molecule has 0 radical (unpaired) electrons. The number of rotatable bonds is 4. The van der Waals surface area contributed by atoms with Crippen LogP contribution in [0.4, 0.5) is 16.2 Å². The summed E-state index contributed by atoms with van der Waals surface area (Å²) in [5.74, 6) is 0.707. The molecule has 0 saturated heterocycles. The summed E-state index contributed by atoms with van der Waals surface area (Å²) >= 11 is 0. The highest BCUT2D eigenvalue weighted by Crippen LogP contribution is 2.24. The van der Waals surface area contributed by atoms with Gasteiger partial charge in [0.05, 0.1) is 12.3 Å². The van der Waals surface area contributed by atoms with Crippen LogP contribution >= 0.6 is 0 Å². The van der Waals surface area contributed by atoms with Crippen LogP contribution in [-0.4, -0.2) is 17.7 Å². The van der Waals surface area contributed by atoms with E-state index >= 15 is 0 Å². The molecule has 0 aliphatic carbocycles. The molecule has 20 heavy (non-hydrogen) atoms. The molecule has 0 unspecified atom stereocenters. The summed E-state index contributed by atoms with van der Waals surface area (Å²) in [5.41, 5.74) is 1.10. The monoisotopic (exact) mass is 272 g/mol. The van der Waals surface area contributed by atoms with Crippen LogP contribution < -0.4 is 15.4 Å². The van der Waals surface area contributed by atoms with E-state index in [9.17, 15) is 9.90 Å². The first-order valence-corrected chi connectivity index (χ1v) is 6.28. The summed E-state index contributed by atoms with van der Waals surface area (Å²) in [6, 6.07) is 13.1. The van der Waals surface area contributed by atoms with Gasteiger partial charge in [-0.25, -0.2) is 4.79 Å². The molecular formula is C15H16N2O3. The number of carbonyl (C=O) groups is 1. The molecule has 0 spiro atoms. The third-order valence-corrected chi connectivity index (χ3v) is 2.54. The van der Waals surface area contributed by atoms with Crippen molar-refractivity contribution in [3.63, 3.8) is 0 Å². The molecule has 0 fully saturated rings. The lowest BCUT2D eigenvalue weighted by atomic mass is 10.3. The molecule has 5 heteroatoms. The molecule has 2 amide bonds. The fraction of sp³-hybridized carbons (Fsp3) is 0.133. The molecule has 2 aromatic carbocycles. The third kappa shape index (κ3) is 3.65. The Hall–Kier alpha value is -2.69. The lowest BCUT2D eigenvalue weighted by molar-refractivity contribution is 0.262. The van der Waals surface area contributed by atoms with Gasteiger partial charge in [0.25, 0.3) is 0 Å². The number of anilines is 2. The summed E-state index contributed by atoms with van der Waals surface area (Å²) in [7, 11) is 0. The van der Waals surface area contributed by atoms with Crippen LogP contribution in [0.1, 0.15) is 6.92 Å². The predicted molar refractivity (Wildman–Crippen MR) is 78.4 cm³/mol. The average Bonchev–Trinajstić information content (AvgIpc) is 2.41. The van der Waals surface area contributed by atoms with Crippen LogP contribution in [0.3, 0.4) is 0 Å². The minimum atomic E-state index is -0.400. The normalized spacial score (nSPS) is 9.85. The molecule has 0 bridgehead atoms. The SMILES string of the molecule is CCOc1ccccc1NC(=O)Nc1cccc(O)c1. The minimum absolute atomic E-state index is 0.0949. The van der Waals surface area contributed by atoms with Gasteiger partial charge in [0.1, 0.15) is 11.5 Å². The van der Waals surface area contributed by atoms with Crippen molar-refractivity contribution >= 4 is 17.4 Å². The van der Waals surface area contributed by atoms with E-state index in [0.29, 0.717) is 23.7 Å². The van der Waals surface area contributed by atoms with Crippen molar-refractivity contribution in [1.29, 1.82) is 0 Å². The highest BCUT2D eigenvalue weighted by molar-refractivity contribution is 6.00. The van der Waals surface area contributed by atoms with Crippen LogP contribution in [0, 0.1) is 0 Å². The number of hydrogen-bond acceptors (Lipinski definition) is 3. The number of aromatic hydroxyl groups is 1. The van der Waals surface area contributed by atoms with E-state index in [4.69, 9.17) is 4.74 Å². The van der Waals surface area contributed by atoms with E-state index < -0.39 is 6.03 Å². The molecule has 0 aliphatic heterocycles. The number of phenols is 1. The number of phenolic OH excluding ortho intramolecular Hbond substituents is 1. The molecule has 0 heterocycles. The van der Waals surface area contributed by atoms with Gasteiger partial charge in [0, 0.05) is 11.8 Å². The van der Waals surface area contributed by atoms with Gasteiger partial charge in [0.15, 0.2) is 0 Å². The molecule has 2 aromatic rings. The lowest BCUT2D eigenvalue weighted by Gasteiger charge is -2.12. The van der Waals surface area contributed by atoms with Gasteiger partial charge in [-0.3, -0.25) is 0 Å². The summed E-state index contributed by atoms with van der Waals surface area (Å²) in [4.78, 5) is 11.9. The van der Waals surface area contributed by atoms with Gasteiger partial charge in [-0.15, -0.1) is 0 Å². The summed E-state index contributed by atoms with van der Waals surface area (Å²) in [6.45, 7) is 2.40. The maximum atomic E-state index is 11.9. The van der Waals surface area contributed by atoms with Crippen molar-refractivity contribution in [2.24, 2.45) is 0 Å². The molecule has 104 valence electrons. The lowest BCUT2D eigenvalue weighted by Crippen LogP contribution is -2.19. The van der Waals surface area contributed by atoms with Crippen molar-refractivity contribution < 1.29 is 14.6 Å². The number of hydrogen-bond donors (Lipinski definition) is 3. The zero-order chi connectivity index (χ0) is 14.4. The van der Waals surface area contributed by atoms with Crippen molar-refractivity contribution in [1.82, 2.24) is 0 Å². The van der Waals surface area contributed by atoms with E-state index in [1.54, 1.807) is 24.3 Å². The Morgan fingerprint density at radius 2 is 1.95 bits per heavy atom. The first-order chi connectivity index (χ1) is 9.69. The topological polar surface area (TPSA) is 70.6 Å². The number of urea groups is 1. The second-order valence-corrected chi connectivity index (χ2v) is 4.06. The van der Waals surface area contributed by atoms with Gasteiger partial charge >= 0.3 is 6.03 Å². The van der Waals surface area contributed by atoms with Gasteiger partial charge in [-0.05, 0) is 31.2 Å². The minimum Gasteiger partial charge on any atom is -0.508 e. The van der Waals surface area contributed by atoms with Crippen LogP contribution in [0.2, 0.25) is 0 Å². The average molecular weight is 272 g/mol. The van der Waals surface area contributed by atoms with Crippen LogP contribution in [-0.2, 0) is 0 Å². The highest BCUT2D eigenvalue weighted by atomic mass is 16.5. The van der Waals surface area contributed by atoms with Crippen LogP contribution in [0.5, 0.6) is 11.5 Å². The molecular weight excluding hydrogens is 256 g/mol. The van der Waals surface area contributed by atoms with E-state index in [2.05, 4.69) is 10.6 Å². The van der Waals surface area contributed by atoms with E-state index in [1.807, 2.05) is 19.1 Å². The van der Waals surface area contributed by atoms with Gasteiger partial charge in [-0.2, -0.15) is 0 Å². The van der Waals surface area contributed by atoms with Crippen LogP contribution in [0.25, 0.3) is 0 Å². The number of benzene rings is 2. The van der Waals surface area contributed by atoms with Crippen molar-refractivity contribution in [3.8, 4) is 11.5 Å². The molecule has 0 saturated carbocycles. The van der Waals surface area contributed by atoms with E-state index in [1.165, 1.54) is 12.1 Å². The quantitative estimate of drug-likeness (QED) is 0.798. The van der Waals surface area contributed by atoms with Crippen molar-refractivity contribution in [3.05, 3.63) is 48.5 Å². The molecule has 0 aliphatic rings. The maximum absolute atomic E-state index is 11.9. The smallest absolute Gasteiger partial charge is 0.323 e. The fourth-order valence-electron chi connectivity index (χ4n) is 1.72. The first-order valence-electron chi connectivity index (χ1n) is 6.28. The maximum Gasteiger partial charge on any atom is 0.323 e. The van der Waals surface area contributed by atoms with Crippen molar-refractivity contribution in [2.45, 2.75) is 6.92 Å². The third-order valence-electron chi connectivity index (χ3n) is 2.54. The Morgan fingerprint density at radius 1 is 1.15 bits per heavy atom. The number of carbonyl (C=O) groups excluding carboxylic acids is 1. The number of nitrogens with one attached hydrogen (secondary N) is 2. The Balaban J connectivity index is 2.05. The standard InChI is InChI=1S/C15H16N2O3/c1-2-20-14-9-4-3-8-13(14)17-15(19)16-11-6-5-7-12(18)10-11/h3-10,18H,2H2,1H3,(H2,16,17,19). The Kier molecular flexibility index (Phi) is 4.44. The number of ether oxygens (including phenoxy) is 1. The van der Waals surface area contributed by atoms with E-state index in [-0.39, 0.29) is 5.75 Å². The van der Waals surface area contributed by atoms with Crippen LogP contribution in [0.15, 0.2) is 48.5 Å². The molecule has 5 nitrogen and oxygen atoms in total.